The summed E-state index contributed by atoms with van der Waals surface area (Å²) in [6.07, 6.45) is 0.842. The van der Waals surface area contributed by atoms with E-state index in [1.807, 2.05) is 74.8 Å². The molecule has 0 aromatic heterocycles. The van der Waals surface area contributed by atoms with Crippen molar-refractivity contribution in [2.75, 3.05) is 32.1 Å². The smallest absolute Gasteiger partial charge is 0.259 e. The Morgan fingerprint density at radius 2 is 1.50 bits per heavy atom. The van der Waals surface area contributed by atoms with Crippen LogP contribution in [0.4, 0.5) is 10.1 Å². The third-order valence-corrected chi connectivity index (χ3v) is 5.34. The molecule has 3 nitrogen and oxygen atoms in total. The molecule has 1 aliphatic rings. The van der Waals surface area contributed by atoms with E-state index in [0.717, 1.165) is 35.4 Å². The van der Waals surface area contributed by atoms with Gasteiger partial charge in [-0.3, -0.25) is 4.79 Å². The van der Waals surface area contributed by atoms with Gasteiger partial charge >= 0.3 is 0 Å². The lowest BCUT2D eigenvalue weighted by molar-refractivity contribution is -0.113. The minimum Gasteiger partial charge on any atom is -0.309 e. The highest BCUT2D eigenvalue weighted by molar-refractivity contribution is 6.38. The van der Waals surface area contributed by atoms with Crippen molar-refractivity contribution in [3.8, 4) is 0 Å². The van der Waals surface area contributed by atoms with Crippen LogP contribution < -0.4 is 4.90 Å². The van der Waals surface area contributed by atoms with Crippen LogP contribution in [0.2, 0.25) is 0 Å². The molecule has 3 aromatic carbocycles. The van der Waals surface area contributed by atoms with Crippen molar-refractivity contribution in [2.24, 2.45) is 0 Å². The van der Waals surface area contributed by atoms with Crippen molar-refractivity contribution in [1.29, 1.82) is 0 Å². The van der Waals surface area contributed by atoms with Crippen molar-refractivity contribution < 1.29 is 9.18 Å². The number of fused-ring (bicyclic) bond motifs is 1. The summed E-state index contributed by atoms with van der Waals surface area (Å²) in [6, 6.07) is 24.4. The van der Waals surface area contributed by atoms with E-state index in [1.165, 1.54) is 12.1 Å². The van der Waals surface area contributed by atoms with Gasteiger partial charge < -0.3 is 9.80 Å². The topological polar surface area (TPSA) is 23.6 Å². The molecule has 1 amide bonds. The lowest BCUT2D eigenvalue weighted by atomic mass is 9.90. The van der Waals surface area contributed by atoms with E-state index >= 15 is 0 Å². The normalized spacial score (nSPS) is 13.1. The molecule has 30 heavy (non-hydrogen) atoms. The Hall–Kier alpha value is -3.24. The number of rotatable bonds is 6. The molecule has 0 N–H and O–H groups in total. The molecule has 3 aromatic rings. The Kier molecular flexibility index (Phi) is 5.77. The van der Waals surface area contributed by atoms with E-state index < -0.39 is 0 Å². The number of carbonyl (C=O) groups is 1. The summed E-state index contributed by atoms with van der Waals surface area (Å²) < 4.78 is 14.3. The molecule has 1 heterocycles. The van der Waals surface area contributed by atoms with Gasteiger partial charge in [0.15, 0.2) is 0 Å². The zero-order valence-corrected chi connectivity index (χ0v) is 17.3. The Morgan fingerprint density at radius 1 is 0.900 bits per heavy atom. The van der Waals surface area contributed by atoms with Crippen LogP contribution in [0.15, 0.2) is 78.9 Å². The van der Waals surface area contributed by atoms with E-state index in [0.29, 0.717) is 17.7 Å². The molecule has 1 aliphatic heterocycles. The fourth-order valence-corrected chi connectivity index (χ4v) is 3.98. The first-order valence-electron chi connectivity index (χ1n) is 10.2. The Balaban J connectivity index is 1.91. The average molecular weight is 400 g/mol. The second-order valence-corrected chi connectivity index (χ2v) is 7.76. The molecule has 0 saturated heterocycles. The van der Waals surface area contributed by atoms with Gasteiger partial charge in [0.1, 0.15) is 5.82 Å². The summed E-state index contributed by atoms with van der Waals surface area (Å²) in [5.74, 6) is -0.410. The number of carbonyl (C=O) groups excluding carboxylic acids is 1. The van der Waals surface area contributed by atoms with Gasteiger partial charge in [0, 0.05) is 17.7 Å². The minimum atomic E-state index is -0.338. The van der Waals surface area contributed by atoms with Gasteiger partial charge in [0.25, 0.3) is 5.91 Å². The molecule has 152 valence electrons. The molecule has 0 fully saturated rings. The van der Waals surface area contributed by atoms with Crippen LogP contribution in [0, 0.1) is 5.82 Å². The third kappa shape index (κ3) is 3.91. The lowest BCUT2D eigenvalue weighted by Crippen LogP contribution is -2.30. The first-order valence-corrected chi connectivity index (χ1v) is 10.2. The number of hydrogen-bond donors (Lipinski definition) is 0. The summed E-state index contributed by atoms with van der Waals surface area (Å²) in [5, 5.41) is 0. The molecule has 0 aliphatic carbocycles. The average Bonchev–Trinajstić information content (AvgIpc) is 3.01. The zero-order chi connectivity index (χ0) is 21.1. The summed E-state index contributed by atoms with van der Waals surface area (Å²) in [6.45, 7) is 1.47. The first-order chi connectivity index (χ1) is 14.6. The van der Waals surface area contributed by atoms with Crippen LogP contribution in [0.1, 0.15) is 23.1 Å². The van der Waals surface area contributed by atoms with Gasteiger partial charge in [0.2, 0.25) is 0 Å². The van der Waals surface area contributed by atoms with Crippen LogP contribution >= 0.6 is 0 Å². The predicted octanol–water partition coefficient (Wildman–Crippen LogP) is 5.08. The quantitative estimate of drug-likeness (QED) is 0.539. The Bertz CT molecular complexity index is 1030. The molecule has 0 atom stereocenters. The number of halogens is 1. The van der Waals surface area contributed by atoms with E-state index in [1.54, 1.807) is 11.0 Å². The number of benzene rings is 3. The van der Waals surface area contributed by atoms with E-state index in [-0.39, 0.29) is 11.7 Å². The van der Waals surface area contributed by atoms with Crippen molar-refractivity contribution in [3.05, 3.63) is 101 Å². The van der Waals surface area contributed by atoms with Gasteiger partial charge in [-0.25, -0.2) is 4.39 Å². The molecule has 0 unspecified atom stereocenters. The van der Waals surface area contributed by atoms with Crippen LogP contribution in [-0.4, -0.2) is 38.0 Å². The van der Waals surface area contributed by atoms with Crippen molar-refractivity contribution in [2.45, 2.75) is 6.42 Å². The summed E-state index contributed by atoms with van der Waals surface area (Å²) in [5.41, 5.74) is 4.72. The number of hydrogen-bond acceptors (Lipinski definition) is 2. The molecular formula is C26H25FN2O. The highest BCUT2D eigenvalue weighted by atomic mass is 19.1. The van der Waals surface area contributed by atoms with Crippen LogP contribution in [0.25, 0.3) is 11.1 Å². The molecule has 4 rings (SSSR count). The van der Waals surface area contributed by atoms with Gasteiger partial charge in [-0.15, -0.1) is 0 Å². The maximum atomic E-state index is 14.3. The van der Waals surface area contributed by atoms with Gasteiger partial charge in [0.05, 0.1) is 11.3 Å². The number of amides is 1. The van der Waals surface area contributed by atoms with Crippen molar-refractivity contribution >= 4 is 22.7 Å². The van der Waals surface area contributed by atoms with E-state index in [2.05, 4.69) is 4.90 Å². The molecule has 0 radical (unpaired) electrons. The Morgan fingerprint density at radius 3 is 2.07 bits per heavy atom. The van der Waals surface area contributed by atoms with E-state index in [9.17, 15) is 9.18 Å². The summed E-state index contributed by atoms with van der Waals surface area (Å²) in [4.78, 5) is 17.6. The van der Waals surface area contributed by atoms with Gasteiger partial charge in [-0.1, -0.05) is 60.7 Å². The number of nitrogens with zero attached hydrogens (tertiary/aromatic N) is 2. The molecule has 0 bridgehead atoms. The van der Waals surface area contributed by atoms with Crippen LogP contribution in [-0.2, 0) is 4.79 Å². The standard InChI is InChI=1S/C26H25FN2O/c1-28(2)16-9-17-29-23-15-14-21(27)18-22(23)25(26(29)30)24(19-10-5-3-6-11-19)20-12-7-4-8-13-20/h3-8,10-15,18H,9,16-17H2,1-2H3. The first kappa shape index (κ1) is 20.0. The maximum absolute atomic E-state index is 14.3. The monoisotopic (exact) mass is 400 g/mol. The Labute approximate surface area is 177 Å². The predicted molar refractivity (Wildman–Crippen MR) is 121 cm³/mol. The molecule has 0 spiro atoms. The van der Waals surface area contributed by atoms with Gasteiger partial charge in [-0.2, -0.15) is 0 Å². The summed E-state index contributed by atoms with van der Waals surface area (Å²) in [7, 11) is 4.03. The largest absolute Gasteiger partial charge is 0.309 e. The molecule has 4 heteroatoms. The van der Waals surface area contributed by atoms with Crippen LogP contribution in [0.5, 0.6) is 0 Å². The second kappa shape index (κ2) is 8.64. The second-order valence-electron chi connectivity index (χ2n) is 7.76. The summed E-state index contributed by atoms with van der Waals surface area (Å²) >= 11 is 0. The maximum Gasteiger partial charge on any atom is 0.259 e. The lowest BCUT2D eigenvalue weighted by Gasteiger charge is -2.19. The van der Waals surface area contributed by atoms with Crippen molar-refractivity contribution in [1.82, 2.24) is 4.90 Å². The fourth-order valence-electron chi connectivity index (χ4n) is 3.98. The van der Waals surface area contributed by atoms with Crippen LogP contribution in [0.3, 0.4) is 0 Å². The molecular weight excluding hydrogens is 375 g/mol. The fraction of sp³-hybridized carbons (Fsp3) is 0.192. The highest BCUT2D eigenvalue weighted by Gasteiger charge is 2.35. The van der Waals surface area contributed by atoms with Gasteiger partial charge in [-0.05, 0) is 56.4 Å². The highest BCUT2D eigenvalue weighted by Crippen LogP contribution is 2.43. The third-order valence-electron chi connectivity index (χ3n) is 5.34. The molecule has 0 saturated carbocycles. The minimum absolute atomic E-state index is 0.0722. The number of anilines is 1. The SMILES string of the molecule is CN(C)CCCN1C(=O)C(=C(c2ccccc2)c2ccccc2)c2cc(F)ccc21. The zero-order valence-electron chi connectivity index (χ0n) is 17.3. The van der Waals surface area contributed by atoms with Crippen molar-refractivity contribution in [3.63, 3.8) is 0 Å². The van der Waals surface area contributed by atoms with E-state index in [4.69, 9.17) is 0 Å².